The Morgan fingerprint density at radius 3 is 1.76 bits per heavy atom. The van der Waals surface area contributed by atoms with Gasteiger partial charge in [-0.15, -0.1) is 13.2 Å². The summed E-state index contributed by atoms with van der Waals surface area (Å²) in [4.78, 5) is 0. The van der Waals surface area contributed by atoms with Crippen LogP contribution in [0, 0.1) is 0 Å². The molecule has 0 bridgehead atoms. The van der Waals surface area contributed by atoms with Crippen molar-refractivity contribution >= 4 is 12.6 Å². The zero-order chi connectivity index (χ0) is 15.3. The SMILES string of the molecule is FC(F)(F)Oc1ccc(Oc2ccc(CCS)cc2)cc1. The summed E-state index contributed by atoms with van der Waals surface area (Å²) in [6.07, 6.45) is -3.82. The molecular formula is C15H13F3O2S. The van der Waals surface area contributed by atoms with Gasteiger partial charge in [0.25, 0.3) is 0 Å². The van der Waals surface area contributed by atoms with Crippen LogP contribution in [0.4, 0.5) is 13.2 Å². The van der Waals surface area contributed by atoms with E-state index in [4.69, 9.17) is 4.74 Å². The molecule has 0 radical (unpaired) electrons. The molecule has 0 aliphatic carbocycles. The molecule has 0 saturated heterocycles. The highest BCUT2D eigenvalue weighted by atomic mass is 32.1. The molecule has 2 rings (SSSR count). The minimum Gasteiger partial charge on any atom is -0.457 e. The second kappa shape index (κ2) is 6.76. The van der Waals surface area contributed by atoms with Crippen molar-refractivity contribution in [1.82, 2.24) is 0 Å². The lowest BCUT2D eigenvalue weighted by molar-refractivity contribution is -0.274. The van der Waals surface area contributed by atoms with Crippen LogP contribution in [-0.2, 0) is 6.42 Å². The van der Waals surface area contributed by atoms with Crippen molar-refractivity contribution in [2.24, 2.45) is 0 Å². The summed E-state index contributed by atoms with van der Waals surface area (Å²) >= 11 is 4.15. The third-order valence-corrected chi connectivity index (χ3v) is 2.84. The van der Waals surface area contributed by atoms with Crippen LogP contribution in [0.25, 0.3) is 0 Å². The van der Waals surface area contributed by atoms with E-state index in [1.54, 1.807) is 12.1 Å². The van der Waals surface area contributed by atoms with Gasteiger partial charge in [0, 0.05) is 0 Å². The molecule has 0 spiro atoms. The topological polar surface area (TPSA) is 18.5 Å². The van der Waals surface area contributed by atoms with E-state index in [2.05, 4.69) is 17.4 Å². The highest BCUT2D eigenvalue weighted by Gasteiger charge is 2.30. The van der Waals surface area contributed by atoms with Gasteiger partial charge in [-0.3, -0.25) is 0 Å². The molecule has 0 heterocycles. The Morgan fingerprint density at radius 2 is 1.29 bits per heavy atom. The van der Waals surface area contributed by atoms with Crippen molar-refractivity contribution in [3.63, 3.8) is 0 Å². The highest BCUT2D eigenvalue weighted by molar-refractivity contribution is 7.80. The predicted molar refractivity (Wildman–Crippen MR) is 77.2 cm³/mol. The van der Waals surface area contributed by atoms with Gasteiger partial charge in [0.05, 0.1) is 0 Å². The van der Waals surface area contributed by atoms with Crippen molar-refractivity contribution in [2.45, 2.75) is 12.8 Å². The number of thiol groups is 1. The molecule has 0 fully saturated rings. The maximum atomic E-state index is 12.0. The molecule has 21 heavy (non-hydrogen) atoms. The largest absolute Gasteiger partial charge is 0.573 e. The summed E-state index contributed by atoms with van der Waals surface area (Å²) in [5, 5.41) is 0. The Labute approximate surface area is 125 Å². The summed E-state index contributed by atoms with van der Waals surface area (Å²) in [6.45, 7) is 0. The summed E-state index contributed by atoms with van der Waals surface area (Å²) in [7, 11) is 0. The van der Waals surface area contributed by atoms with Gasteiger partial charge in [-0.05, 0) is 54.1 Å². The Balaban J connectivity index is 1.99. The molecule has 0 atom stereocenters. The first-order chi connectivity index (χ1) is 9.96. The Kier molecular flexibility index (Phi) is 5.01. The van der Waals surface area contributed by atoms with E-state index in [0.717, 1.165) is 17.7 Å². The van der Waals surface area contributed by atoms with Gasteiger partial charge < -0.3 is 9.47 Å². The Morgan fingerprint density at radius 1 is 0.810 bits per heavy atom. The van der Waals surface area contributed by atoms with Crippen LogP contribution < -0.4 is 9.47 Å². The highest BCUT2D eigenvalue weighted by Crippen LogP contribution is 2.27. The summed E-state index contributed by atoms with van der Waals surface area (Å²) in [6, 6.07) is 12.7. The first-order valence-electron chi connectivity index (χ1n) is 6.20. The smallest absolute Gasteiger partial charge is 0.457 e. The van der Waals surface area contributed by atoms with Crippen LogP contribution in [0.3, 0.4) is 0 Å². The Hall–Kier alpha value is -1.82. The van der Waals surface area contributed by atoms with E-state index in [-0.39, 0.29) is 5.75 Å². The molecule has 0 saturated carbocycles. The van der Waals surface area contributed by atoms with Crippen molar-refractivity contribution < 1.29 is 22.6 Å². The van der Waals surface area contributed by atoms with Crippen molar-refractivity contribution in [3.8, 4) is 17.2 Å². The zero-order valence-electron chi connectivity index (χ0n) is 10.9. The normalized spacial score (nSPS) is 11.2. The quantitative estimate of drug-likeness (QED) is 0.795. The van der Waals surface area contributed by atoms with Gasteiger partial charge in [-0.2, -0.15) is 12.6 Å². The van der Waals surface area contributed by atoms with Gasteiger partial charge in [0.15, 0.2) is 0 Å². The molecule has 2 aromatic carbocycles. The fourth-order valence-electron chi connectivity index (χ4n) is 1.70. The van der Waals surface area contributed by atoms with E-state index < -0.39 is 6.36 Å². The molecule has 0 N–H and O–H groups in total. The average Bonchev–Trinajstić information content (AvgIpc) is 2.42. The monoisotopic (exact) mass is 314 g/mol. The maximum absolute atomic E-state index is 12.0. The van der Waals surface area contributed by atoms with E-state index >= 15 is 0 Å². The van der Waals surface area contributed by atoms with E-state index in [9.17, 15) is 13.2 Å². The van der Waals surface area contributed by atoms with Gasteiger partial charge in [0.2, 0.25) is 0 Å². The summed E-state index contributed by atoms with van der Waals surface area (Å²) in [5.41, 5.74) is 1.14. The maximum Gasteiger partial charge on any atom is 0.573 e. The second-order valence-corrected chi connectivity index (χ2v) is 4.69. The number of alkyl halides is 3. The summed E-state index contributed by atoms with van der Waals surface area (Å²) < 4.78 is 45.4. The lowest BCUT2D eigenvalue weighted by atomic mass is 10.2. The lowest BCUT2D eigenvalue weighted by Crippen LogP contribution is -2.16. The fourth-order valence-corrected chi connectivity index (χ4v) is 1.96. The van der Waals surface area contributed by atoms with Crippen LogP contribution in [0.1, 0.15) is 5.56 Å². The molecule has 112 valence electrons. The van der Waals surface area contributed by atoms with Crippen molar-refractivity contribution in [3.05, 3.63) is 54.1 Å². The van der Waals surface area contributed by atoms with Crippen molar-refractivity contribution in [2.75, 3.05) is 5.75 Å². The van der Waals surface area contributed by atoms with Gasteiger partial charge in [-0.1, -0.05) is 12.1 Å². The molecule has 0 aliphatic rings. The molecule has 6 heteroatoms. The minimum absolute atomic E-state index is 0.279. The van der Waals surface area contributed by atoms with E-state index in [1.165, 1.54) is 24.3 Å². The first kappa shape index (κ1) is 15.6. The predicted octanol–water partition coefficient (Wildman–Crippen LogP) is 4.85. The first-order valence-corrected chi connectivity index (χ1v) is 6.83. The molecular weight excluding hydrogens is 301 g/mol. The Bertz CT molecular complexity index is 565. The number of hydrogen-bond acceptors (Lipinski definition) is 3. The third kappa shape index (κ3) is 5.23. The molecule has 2 nitrogen and oxygen atoms in total. The molecule has 0 aliphatic heterocycles. The number of halogens is 3. The third-order valence-electron chi connectivity index (χ3n) is 2.62. The van der Waals surface area contributed by atoms with E-state index in [1.807, 2.05) is 12.1 Å². The lowest BCUT2D eigenvalue weighted by Gasteiger charge is -2.10. The molecule has 2 aromatic rings. The molecule has 0 unspecified atom stereocenters. The average molecular weight is 314 g/mol. The van der Waals surface area contributed by atoms with Crippen LogP contribution in [0.5, 0.6) is 17.2 Å². The van der Waals surface area contributed by atoms with Crippen LogP contribution >= 0.6 is 12.6 Å². The van der Waals surface area contributed by atoms with E-state index in [0.29, 0.717) is 11.5 Å². The standard InChI is InChI=1S/C15H13F3O2S/c16-15(17,18)20-14-7-5-13(6-8-14)19-12-3-1-11(2-4-12)9-10-21/h1-8,21H,9-10H2. The minimum atomic E-state index is -4.69. The number of aryl methyl sites for hydroxylation is 1. The van der Waals surface area contributed by atoms with Crippen LogP contribution in [0.15, 0.2) is 48.5 Å². The van der Waals surface area contributed by atoms with Gasteiger partial charge >= 0.3 is 6.36 Å². The number of ether oxygens (including phenoxy) is 2. The summed E-state index contributed by atoms with van der Waals surface area (Å²) in [5.74, 6) is 1.54. The van der Waals surface area contributed by atoms with Crippen LogP contribution in [-0.4, -0.2) is 12.1 Å². The van der Waals surface area contributed by atoms with Crippen molar-refractivity contribution in [1.29, 1.82) is 0 Å². The van der Waals surface area contributed by atoms with Gasteiger partial charge in [-0.25, -0.2) is 0 Å². The molecule has 0 aromatic heterocycles. The number of rotatable bonds is 5. The number of hydrogen-bond donors (Lipinski definition) is 1. The van der Waals surface area contributed by atoms with Gasteiger partial charge in [0.1, 0.15) is 17.2 Å². The zero-order valence-corrected chi connectivity index (χ0v) is 11.8. The second-order valence-electron chi connectivity index (χ2n) is 4.24. The molecule has 0 amide bonds. The fraction of sp³-hybridized carbons (Fsp3) is 0.200. The van der Waals surface area contributed by atoms with Crippen LogP contribution in [0.2, 0.25) is 0 Å². The number of benzene rings is 2.